The van der Waals surface area contributed by atoms with Gasteiger partial charge in [-0.2, -0.15) is 0 Å². The molecule has 1 aromatic rings. The first-order valence-corrected chi connectivity index (χ1v) is 7.40. The van der Waals surface area contributed by atoms with Crippen molar-refractivity contribution in [1.82, 2.24) is 20.2 Å². The molecular formula is C14H21N5O. The molecular weight excluding hydrogens is 254 g/mol. The highest BCUT2D eigenvalue weighted by Crippen LogP contribution is 2.18. The second-order valence-corrected chi connectivity index (χ2v) is 5.45. The summed E-state index contributed by atoms with van der Waals surface area (Å²) in [4.78, 5) is 24.7. The van der Waals surface area contributed by atoms with Gasteiger partial charge in [0.2, 0.25) is 5.95 Å². The second-order valence-electron chi connectivity index (χ2n) is 5.45. The summed E-state index contributed by atoms with van der Waals surface area (Å²) in [6.45, 7) is 3.05. The molecule has 0 radical (unpaired) electrons. The summed E-state index contributed by atoms with van der Waals surface area (Å²) in [6, 6.07) is 2.29. The normalized spacial score (nSPS) is 20.2. The third kappa shape index (κ3) is 3.00. The lowest BCUT2D eigenvalue weighted by atomic mass is 10.2. The lowest BCUT2D eigenvalue weighted by Crippen LogP contribution is -2.53. The van der Waals surface area contributed by atoms with Gasteiger partial charge in [0.15, 0.2) is 0 Å². The number of amides is 2. The van der Waals surface area contributed by atoms with Crippen LogP contribution in [0, 0.1) is 0 Å². The topological polar surface area (TPSA) is 61.4 Å². The molecule has 1 aromatic heterocycles. The molecule has 2 amide bonds. The summed E-state index contributed by atoms with van der Waals surface area (Å²) < 4.78 is 0. The Bertz CT molecular complexity index is 438. The number of carbonyl (C=O) groups is 1. The minimum absolute atomic E-state index is 0.0885. The maximum Gasteiger partial charge on any atom is 0.317 e. The van der Waals surface area contributed by atoms with E-state index < -0.39 is 0 Å². The molecule has 0 spiro atoms. The molecule has 108 valence electrons. The fourth-order valence-corrected chi connectivity index (χ4v) is 2.90. The summed E-state index contributed by atoms with van der Waals surface area (Å²) in [5, 5.41) is 3.14. The molecule has 0 atom stereocenters. The SMILES string of the molecule is O=C(NC1CCCC1)N1CCN(c2ncccn2)CC1. The Labute approximate surface area is 119 Å². The molecule has 0 bridgehead atoms. The van der Waals surface area contributed by atoms with E-state index in [1.807, 2.05) is 11.0 Å². The Morgan fingerprint density at radius 3 is 2.40 bits per heavy atom. The number of nitrogens with one attached hydrogen (secondary N) is 1. The zero-order valence-corrected chi connectivity index (χ0v) is 11.7. The average molecular weight is 275 g/mol. The van der Waals surface area contributed by atoms with Gasteiger partial charge in [-0.3, -0.25) is 0 Å². The zero-order valence-electron chi connectivity index (χ0n) is 11.7. The molecule has 1 aliphatic carbocycles. The summed E-state index contributed by atoms with van der Waals surface area (Å²) >= 11 is 0. The first kappa shape index (κ1) is 13.1. The van der Waals surface area contributed by atoms with Crippen LogP contribution in [0.1, 0.15) is 25.7 Å². The Hall–Kier alpha value is -1.85. The van der Waals surface area contributed by atoms with E-state index in [0.29, 0.717) is 6.04 Å². The summed E-state index contributed by atoms with van der Waals surface area (Å²) in [5.41, 5.74) is 0. The highest BCUT2D eigenvalue weighted by molar-refractivity contribution is 5.74. The minimum atomic E-state index is 0.0885. The molecule has 1 saturated heterocycles. The molecule has 6 nitrogen and oxygen atoms in total. The van der Waals surface area contributed by atoms with E-state index in [1.54, 1.807) is 12.4 Å². The number of anilines is 1. The van der Waals surface area contributed by atoms with Crippen molar-refractivity contribution in [2.75, 3.05) is 31.1 Å². The van der Waals surface area contributed by atoms with Crippen molar-refractivity contribution in [3.8, 4) is 0 Å². The Morgan fingerprint density at radius 1 is 1.10 bits per heavy atom. The van der Waals surface area contributed by atoms with Gasteiger partial charge in [-0.1, -0.05) is 12.8 Å². The second kappa shape index (κ2) is 6.07. The van der Waals surface area contributed by atoms with Crippen LogP contribution < -0.4 is 10.2 Å². The molecule has 2 fully saturated rings. The smallest absolute Gasteiger partial charge is 0.317 e. The number of piperazine rings is 1. The number of urea groups is 1. The number of hydrogen-bond donors (Lipinski definition) is 1. The maximum atomic E-state index is 12.2. The first-order chi connectivity index (χ1) is 9.83. The third-order valence-electron chi connectivity index (χ3n) is 4.08. The van der Waals surface area contributed by atoms with Crippen LogP contribution in [0.3, 0.4) is 0 Å². The van der Waals surface area contributed by atoms with E-state index in [-0.39, 0.29) is 6.03 Å². The van der Waals surface area contributed by atoms with Crippen LogP contribution in [0.2, 0.25) is 0 Å². The zero-order chi connectivity index (χ0) is 13.8. The van der Waals surface area contributed by atoms with E-state index >= 15 is 0 Å². The highest BCUT2D eigenvalue weighted by Gasteiger charge is 2.25. The lowest BCUT2D eigenvalue weighted by Gasteiger charge is -2.35. The number of hydrogen-bond acceptors (Lipinski definition) is 4. The molecule has 0 unspecified atom stereocenters. The van der Waals surface area contributed by atoms with Gasteiger partial charge in [0.05, 0.1) is 0 Å². The molecule has 0 aromatic carbocycles. The molecule has 3 rings (SSSR count). The minimum Gasteiger partial charge on any atom is -0.337 e. The van der Waals surface area contributed by atoms with Crippen molar-refractivity contribution >= 4 is 12.0 Å². The Morgan fingerprint density at radius 2 is 1.75 bits per heavy atom. The fraction of sp³-hybridized carbons (Fsp3) is 0.643. The van der Waals surface area contributed by atoms with E-state index in [4.69, 9.17) is 0 Å². The van der Waals surface area contributed by atoms with E-state index in [0.717, 1.165) is 45.0 Å². The predicted octanol–water partition coefficient (Wildman–Crippen LogP) is 1.25. The monoisotopic (exact) mass is 275 g/mol. The van der Waals surface area contributed by atoms with Crippen LogP contribution in [0.4, 0.5) is 10.7 Å². The van der Waals surface area contributed by atoms with Gasteiger partial charge in [-0.25, -0.2) is 14.8 Å². The van der Waals surface area contributed by atoms with Gasteiger partial charge < -0.3 is 15.1 Å². The van der Waals surface area contributed by atoms with Crippen LogP contribution in [0.5, 0.6) is 0 Å². The van der Waals surface area contributed by atoms with E-state index in [2.05, 4.69) is 20.2 Å². The highest BCUT2D eigenvalue weighted by atomic mass is 16.2. The van der Waals surface area contributed by atoms with Crippen LogP contribution in [0.25, 0.3) is 0 Å². The largest absolute Gasteiger partial charge is 0.337 e. The van der Waals surface area contributed by atoms with Crippen LogP contribution in [-0.4, -0.2) is 53.1 Å². The molecule has 6 heteroatoms. The van der Waals surface area contributed by atoms with Crippen molar-refractivity contribution in [3.63, 3.8) is 0 Å². The van der Waals surface area contributed by atoms with Crippen molar-refractivity contribution in [3.05, 3.63) is 18.5 Å². The number of aromatic nitrogens is 2. The maximum absolute atomic E-state index is 12.2. The number of rotatable bonds is 2. The average Bonchev–Trinajstić information content (AvgIpc) is 3.01. The van der Waals surface area contributed by atoms with E-state index in [1.165, 1.54) is 12.8 Å². The molecule has 20 heavy (non-hydrogen) atoms. The first-order valence-electron chi connectivity index (χ1n) is 7.40. The number of nitrogens with zero attached hydrogens (tertiary/aromatic N) is 4. The van der Waals surface area contributed by atoms with Gasteiger partial charge in [0.1, 0.15) is 0 Å². The molecule has 2 aliphatic rings. The number of carbonyl (C=O) groups excluding carboxylic acids is 1. The van der Waals surface area contributed by atoms with Crippen molar-refractivity contribution in [1.29, 1.82) is 0 Å². The van der Waals surface area contributed by atoms with Crippen molar-refractivity contribution in [2.24, 2.45) is 0 Å². The van der Waals surface area contributed by atoms with Crippen LogP contribution in [0.15, 0.2) is 18.5 Å². The van der Waals surface area contributed by atoms with Crippen LogP contribution >= 0.6 is 0 Å². The standard InChI is InChI=1S/C14H21N5O/c20-14(17-12-4-1-2-5-12)19-10-8-18(9-11-19)13-15-6-3-7-16-13/h3,6-7,12H,1-2,4-5,8-11H2,(H,17,20). The Kier molecular flexibility index (Phi) is 3.99. The summed E-state index contributed by atoms with van der Waals surface area (Å²) in [6.07, 6.45) is 8.24. The summed E-state index contributed by atoms with van der Waals surface area (Å²) in [5.74, 6) is 0.753. The van der Waals surface area contributed by atoms with Gasteiger partial charge in [-0.15, -0.1) is 0 Å². The van der Waals surface area contributed by atoms with Crippen LogP contribution in [-0.2, 0) is 0 Å². The molecule has 2 heterocycles. The summed E-state index contributed by atoms with van der Waals surface area (Å²) in [7, 11) is 0. The molecule has 1 N–H and O–H groups in total. The molecule has 1 aliphatic heterocycles. The van der Waals surface area contributed by atoms with Crippen molar-refractivity contribution in [2.45, 2.75) is 31.7 Å². The fourth-order valence-electron chi connectivity index (χ4n) is 2.90. The third-order valence-corrected chi connectivity index (χ3v) is 4.08. The van der Waals surface area contributed by atoms with Gasteiger partial charge >= 0.3 is 6.03 Å². The van der Waals surface area contributed by atoms with E-state index in [9.17, 15) is 4.79 Å². The Balaban J connectivity index is 1.49. The molecule has 1 saturated carbocycles. The van der Waals surface area contributed by atoms with Gasteiger partial charge in [0, 0.05) is 44.6 Å². The van der Waals surface area contributed by atoms with Crippen molar-refractivity contribution < 1.29 is 4.79 Å². The van der Waals surface area contributed by atoms with Gasteiger partial charge in [0.25, 0.3) is 0 Å². The predicted molar refractivity (Wildman–Crippen MR) is 76.6 cm³/mol. The quantitative estimate of drug-likeness (QED) is 0.882. The lowest BCUT2D eigenvalue weighted by molar-refractivity contribution is 0.190. The van der Waals surface area contributed by atoms with Gasteiger partial charge in [-0.05, 0) is 18.9 Å².